The van der Waals surface area contributed by atoms with Crippen LogP contribution in [-0.2, 0) is 4.79 Å². The molecule has 0 spiro atoms. The van der Waals surface area contributed by atoms with Crippen molar-refractivity contribution in [2.75, 3.05) is 4.90 Å². The van der Waals surface area contributed by atoms with Crippen LogP contribution in [0.5, 0.6) is 0 Å². The number of allylic oxidation sites excluding steroid dienone is 1. The van der Waals surface area contributed by atoms with Crippen molar-refractivity contribution < 1.29 is 9.59 Å². The predicted molar refractivity (Wildman–Crippen MR) is 148 cm³/mol. The molecule has 0 aliphatic carbocycles. The molecule has 6 rings (SSSR count). The van der Waals surface area contributed by atoms with Gasteiger partial charge in [-0.25, -0.2) is 0 Å². The zero-order valence-corrected chi connectivity index (χ0v) is 20.4. The summed E-state index contributed by atoms with van der Waals surface area (Å²) in [5.41, 5.74) is 3.14. The Balaban J connectivity index is 1.51. The Kier molecular flexibility index (Phi) is 6.20. The molecule has 1 N–H and O–H groups in total. The van der Waals surface area contributed by atoms with Gasteiger partial charge in [-0.05, 0) is 46.8 Å². The predicted octanol–water partition coefficient (Wildman–Crippen LogP) is 5.49. The van der Waals surface area contributed by atoms with Gasteiger partial charge in [0.05, 0.1) is 5.69 Å². The topological polar surface area (TPSA) is 75.2 Å². The van der Waals surface area contributed by atoms with Crippen molar-refractivity contribution in [2.45, 2.75) is 12.0 Å². The molecule has 1 aliphatic heterocycles. The van der Waals surface area contributed by atoms with Crippen LogP contribution in [0.1, 0.15) is 27.4 Å². The van der Waals surface area contributed by atoms with Crippen molar-refractivity contribution in [3.05, 3.63) is 150 Å². The summed E-state index contributed by atoms with van der Waals surface area (Å²) < 4.78 is 0. The molecule has 6 nitrogen and oxygen atoms in total. The van der Waals surface area contributed by atoms with Gasteiger partial charge in [0, 0.05) is 47.7 Å². The van der Waals surface area contributed by atoms with Gasteiger partial charge < -0.3 is 5.32 Å². The van der Waals surface area contributed by atoms with Crippen LogP contribution in [0.3, 0.4) is 0 Å². The highest BCUT2D eigenvalue weighted by Gasteiger charge is 2.43. The average molecular weight is 497 g/mol. The Hall–Kier alpha value is -5.10. The number of carbonyl (C=O) groups excluding carboxylic acids is 2. The van der Waals surface area contributed by atoms with E-state index in [4.69, 9.17) is 0 Å². The SMILES string of the molecule is O=C(/C=C1\NC(C(c2ccncc2)c2ccncc2)C(=O)N1c1cccc2ccccc12)c1ccccc1. The van der Waals surface area contributed by atoms with Crippen LogP contribution in [0.25, 0.3) is 10.8 Å². The summed E-state index contributed by atoms with van der Waals surface area (Å²) in [7, 11) is 0. The lowest BCUT2D eigenvalue weighted by molar-refractivity contribution is -0.118. The van der Waals surface area contributed by atoms with Gasteiger partial charge >= 0.3 is 0 Å². The third kappa shape index (κ3) is 4.33. The van der Waals surface area contributed by atoms with E-state index in [-0.39, 0.29) is 17.6 Å². The normalized spacial score (nSPS) is 16.2. The molecule has 1 fully saturated rings. The number of nitrogens with one attached hydrogen (secondary N) is 1. The summed E-state index contributed by atoms with van der Waals surface area (Å²) in [4.78, 5) is 37.6. The minimum Gasteiger partial charge on any atom is -0.359 e. The molecule has 38 heavy (non-hydrogen) atoms. The lowest BCUT2D eigenvalue weighted by atomic mass is 9.86. The molecule has 3 aromatic carbocycles. The monoisotopic (exact) mass is 496 g/mol. The van der Waals surface area contributed by atoms with Gasteiger partial charge in [0.25, 0.3) is 5.91 Å². The second-order valence-electron chi connectivity index (χ2n) is 9.09. The fourth-order valence-corrected chi connectivity index (χ4v) is 5.06. The highest BCUT2D eigenvalue weighted by Crippen LogP contribution is 2.37. The maximum absolute atomic E-state index is 14.3. The van der Waals surface area contributed by atoms with Gasteiger partial charge in [0.1, 0.15) is 11.9 Å². The van der Waals surface area contributed by atoms with Crippen molar-refractivity contribution in [3.63, 3.8) is 0 Å². The number of carbonyl (C=O) groups is 2. The Bertz CT molecular complexity index is 1590. The van der Waals surface area contributed by atoms with Crippen molar-refractivity contribution in [1.82, 2.24) is 15.3 Å². The summed E-state index contributed by atoms with van der Waals surface area (Å²) in [6.45, 7) is 0. The third-order valence-electron chi connectivity index (χ3n) is 6.83. The summed E-state index contributed by atoms with van der Waals surface area (Å²) >= 11 is 0. The summed E-state index contributed by atoms with van der Waals surface area (Å²) in [6, 6.07) is 29.9. The average Bonchev–Trinajstić information content (AvgIpc) is 3.29. The molecule has 1 saturated heterocycles. The Labute approximate surface area is 220 Å². The van der Waals surface area contributed by atoms with E-state index in [1.54, 1.807) is 41.8 Å². The van der Waals surface area contributed by atoms with E-state index in [1.165, 1.54) is 6.08 Å². The van der Waals surface area contributed by atoms with Crippen molar-refractivity contribution in [2.24, 2.45) is 0 Å². The maximum atomic E-state index is 14.3. The zero-order valence-electron chi connectivity index (χ0n) is 20.4. The van der Waals surface area contributed by atoms with Crippen LogP contribution in [0.2, 0.25) is 0 Å². The van der Waals surface area contributed by atoms with E-state index in [9.17, 15) is 9.59 Å². The number of pyridine rings is 2. The van der Waals surface area contributed by atoms with Gasteiger partial charge in [-0.3, -0.25) is 24.5 Å². The second-order valence-corrected chi connectivity index (χ2v) is 9.09. The van der Waals surface area contributed by atoms with Gasteiger partial charge in [-0.2, -0.15) is 0 Å². The largest absolute Gasteiger partial charge is 0.359 e. The molecule has 0 saturated carbocycles. The molecule has 1 aliphatic rings. The number of anilines is 1. The lowest BCUT2D eigenvalue weighted by Crippen LogP contribution is -2.36. The number of amides is 1. The number of hydrogen-bond donors (Lipinski definition) is 1. The van der Waals surface area contributed by atoms with Crippen molar-refractivity contribution in [3.8, 4) is 0 Å². The van der Waals surface area contributed by atoms with Crippen LogP contribution in [0, 0.1) is 0 Å². The highest BCUT2D eigenvalue weighted by molar-refractivity contribution is 6.12. The first-order chi connectivity index (χ1) is 18.7. The quantitative estimate of drug-likeness (QED) is 0.249. The standard InChI is InChI=1S/C32H24N4O2/c37-28(23-8-2-1-3-9-23)21-29-35-31(30(24-13-17-33-18-14-24)25-15-19-34-20-16-25)32(38)36(29)27-12-6-10-22-7-4-5-11-26(22)27/h1-21,30-31,35H/b29-21+. The molecule has 0 bridgehead atoms. The number of hydrogen-bond acceptors (Lipinski definition) is 5. The molecular formula is C32H24N4O2. The zero-order chi connectivity index (χ0) is 25.9. The molecule has 5 aromatic rings. The van der Waals surface area contributed by atoms with E-state index >= 15 is 0 Å². The van der Waals surface area contributed by atoms with Crippen LogP contribution >= 0.6 is 0 Å². The van der Waals surface area contributed by atoms with E-state index < -0.39 is 6.04 Å². The number of fused-ring (bicyclic) bond motifs is 1. The minimum absolute atomic E-state index is 0.146. The maximum Gasteiger partial charge on any atom is 0.256 e. The number of nitrogens with zero attached hydrogens (tertiary/aromatic N) is 3. The van der Waals surface area contributed by atoms with Crippen molar-refractivity contribution in [1.29, 1.82) is 0 Å². The molecular weight excluding hydrogens is 472 g/mol. The summed E-state index contributed by atoms with van der Waals surface area (Å²) in [5.74, 6) is -0.217. The van der Waals surface area contributed by atoms with Crippen molar-refractivity contribution >= 4 is 28.2 Å². The van der Waals surface area contributed by atoms with Gasteiger partial charge in [-0.1, -0.05) is 66.7 Å². The molecule has 0 radical (unpaired) electrons. The number of ketones is 1. The molecule has 1 atom stereocenters. The summed E-state index contributed by atoms with van der Waals surface area (Å²) in [5, 5.41) is 5.36. The second kappa shape index (κ2) is 10.1. The summed E-state index contributed by atoms with van der Waals surface area (Å²) in [6.07, 6.45) is 8.41. The molecule has 1 amide bonds. The molecule has 2 aromatic heterocycles. The number of aromatic nitrogens is 2. The van der Waals surface area contributed by atoms with Crippen LogP contribution in [-0.4, -0.2) is 27.7 Å². The minimum atomic E-state index is -0.659. The highest BCUT2D eigenvalue weighted by atomic mass is 16.2. The first kappa shape index (κ1) is 23.3. The third-order valence-corrected chi connectivity index (χ3v) is 6.83. The Morgan fingerprint density at radius 3 is 2.05 bits per heavy atom. The molecule has 184 valence electrons. The van der Waals surface area contributed by atoms with E-state index in [2.05, 4.69) is 15.3 Å². The smallest absolute Gasteiger partial charge is 0.256 e. The molecule has 6 heteroatoms. The lowest BCUT2D eigenvalue weighted by Gasteiger charge is -2.23. The molecule has 1 unspecified atom stereocenters. The van der Waals surface area contributed by atoms with E-state index in [0.29, 0.717) is 11.4 Å². The van der Waals surface area contributed by atoms with E-state index in [0.717, 1.165) is 27.6 Å². The Morgan fingerprint density at radius 2 is 1.37 bits per heavy atom. The number of benzene rings is 3. The molecule has 3 heterocycles. The van der Waals surface area contributed by atoms with Crippen LogP contribution in [0.4, 0.5) is 5.69 Å². The van der Waals surface area contributed by atoms with Crippen LogP contribution in [0.15, 0.2) is 134 Å². The number of rotatable bonds is 6. The van der Waals surface area contributed by atoms with Gasteiger partial charge in [-0.15, -0.1) is 0 Å². The van der Waals surface area contributed by atoms with Crippen LogP contribution < -0.4 is 10.2 Å². The first-order valence-electron chi connectivity index (χ1n) is 12.4. The van der Waals surface area contributed by atoms with Gasteiger partial charge in [0.2, 0.25) is 0 Å². The van der Waals surface area contributed by atoms with E-state index in [1.807, 2.05) is 84.9 Å². The fraction of sp³-hybridized carbons (Fsp3) is 0.0625. The Morgan fingerprint density at radius 1 is 0.763 bits per heavy atom. The fourth-order valence-electron chi connectivity index (χ4n) is 5.06. The van der Waals surface area contributed by atoms with Gasteiger partial charge in [0.15, 0.2) is 5.78 Å². The first-order valence-corrected chi connectivity index (χ1v) is 12.4.